The van der Waals surface area contributed by atoms with E-state index in [-0.39, 0.29) is 5.41 Å². The molecule has 0 atom stereocenters. The van der Waals surface area contributed by atoms with Gasteiger partial charge >= 0.3 is 0 Å². The highest BCUT2D eigenvalue weighted by molar-refractivity contribution is 5.97. The third-order valence-electron chi connectivity index (χ3n) is 2.40. The van der Waals surface area contributed by atoms with Gasteiger partial charge in [0.1, 0.15) is 10.5 Å². The average molecular weight is 208 g/mol. The summed E-state index contributed by atoms with van der Waals surface area (Å²) in [6.07, 6.45) is 1.04. The summed E-state index contributed by atoms with van der Waals surface area (Å²) in [6.45, 7) is 7.63. The van der Waals surface area contributed by atoms with Crippen molar-refractivity contribution in [1.29, 1.82) is 0 Å². The third-order valence-corrected chi connectivity index (χ3v) is 2.81. The molecule has 0 aliphatic carbocycles. The van der Waals surface area contributed by atoms with Crippen molar-refractivity contribution in [2.45, 2.75) is 32.6 Å². The van der Waals surface area contributed by atoms with Crippen molar-refractivity contribution in [2.24, 2.45) is 0 Å². The minimum absolute atomic E-state index is 0.238. The molecule has 1 aromatic carbocycles. The molecule has 0 bridgehead atoms. The predicted octanol–water partition coefficient (Wildman–Crippen LogP) is 1.82. The van der Waals surface area contributed by atoms with Crippen LogP contribution in [0.2, 0.25) is 0 Å². The van der Waals surface area contributed by atoms with E-state index in [0.717, 1.165) is 23.5 Å². The zero-order valence-corrected chi connectivity index (χ0v) is 11.6. The number of benzene rings is 1. The van der Waals surface area contributed by atoms with Crippen molar-refractivity contribution < 1.29 is 4.43 Å². The van der Waals surface area contributed by atoms with Crippen molar-refractivity contribution >= 4 is 10.5 Å². The summed E-state index contributed by atoms with van der Waals surface area (Å²) in [5, 5.41) is 0. The topological polar surface area (TPSA) is 9.23 Å². The molecule has 0 N–H and O–H groups in total. The summed E-state index contributed by atoms with van der Waals surface area (Å²) >= 11 is 0. The van der Waals surface area contributed by atoms with Gasteiger partial charge in [-0.2, -0.15) is 0 Å². The van der Waals surface area contributed by atoms with Crippen LogP contribution in [0.1, 0.15) is 31.9 Å². The van der Waals surface area contributed by atoms with Gasteiger partial charge in [-0.3, -0.25) is 0 Å². The van der Waals surface area contributed by atoms with Crippen LogP contribution in [0.25, 0.3) is 0 Å². The van der Waals surface area contributed by atoms with Crippen LogP contribution < -0.4 is 0 Å². The van der Waals surface area contributed by atoms with E-state index in [1.54, 1.807) is 0 Å². The SMILES string of the molecule is CC(C)(C)c1ccccc1CCO[SiH3]. The predicted molar refractivity (Wildman–Crippen MR) is 64.7 cm³/mol. The Balaban J connectivity index is 2.92. The van der Waals surface area contributed by atoms with E-state index in [0.29, 0.717) is 0 Å². The summed E-state index contributed by atoms with van der Waals surface area (Å²) in [5.41, 5.74) is 3.11. The molecule has 0 amide bonds. The van der Waals surface area contributed by atoms with Crippen LogP contribution in [0.3, 0.4) is 0 Å². The maximum atomic E-state index is 5.25. The largest absolute Gasteiger partial charge is 0.428 e. The average Bonchev–Trinajstić information content (AvgIpc) is 2.14. The van der Waals surface area contributed by atoms with Gasteiger partial charge in [0.05, 0.1) is 0 Å². The molecule has 0 spiro atoms. The molecule has 0 unspecified atom stereocenters. The molecule has 1 rings (SSSR count). The van der Waals surface area contributed by atoms with E-state index in [1.165, 1.54) is 11.1 Å². The number of rotatable bonds is 3. The molecule has 0 saturated heterocycles. The summed E-state index contributed by atoms with van der Waals surface area (Å²) in [6, 6.07) is 8.66. The van der Waals surface area contributed by atoms with Gasteiger partial charge in [0, 0.05) is 6.61 Å². The Morgan fingerprint density at radius 2 is 1.86 bits per heavy atom. The Hall–Kier alpha value is -0.603. The lowest BCUT2D eigenvalue weighted by Crippen LogP contribution is -2.14. The minimum Gasteiger partial charge on any atom is -0.428 e. The van der Waals surface area contributed by atoms with Crippen molar-refractivity contribution in [3.05, 3.63) is 35.4 Å². The van der Waals surface area contributed by atoms with Crippen LogP contribution in [0.4, 0.5) is 0 Å². The second-order valence-electron chi connectivity index (χ2n) is 4.65. The van der Waals surface area contributed by atoms with Crippen LogP contribution in [0, 0.1) is 0 Å². The fourth-order valence-corrected chi connectivity index (χ4v) is 1.89. The fourth-order valence-electron chi connectivity index (χ4n) is 1.68. The van der Waals surface area contributed by atoms with Gasteiger partial charge in [-0.25, -0.2) is 0 Å². The Bertz CT molecular complexity index is 289. The molecule has 0 aliphatic rings. The summed E-state index contributed by atoms with van der Waals surface area (Å²) in [4.78, 5) is 0. The standard InChI is InChI=1S/C12H20OSi/c1-12(2,3)11-7-5-4-6-10(11)8-9-13-14/h4-7H,8-9H2,1-3,14H3. The van der Waals surface area contributed by atoms with Crippen molar-refractivity contribution in [1.82, 2.24) is 0 Å². The molecule has 0 saturated carbocycles. The van der Waals surface area contributed by atoms with Crippen LogP contribution in [-0.4, -0.2) is 17.1 Å². The molecule has 78 valence electrons. The summed E-state index contributed by atoms with van der Waals surface area (Å²) < 4.78 is 5.25. The van der Waals surface area contributed by atoms with E-state index in [1.807, 2.05) is 0 Å². The highest BCUT2D eigenvalue weighted by Crippen LogP contribution is 2.25. The van der Waals surface area contributed by atoms with Gasteiger partial charge < -0.3 is 4.43 Å². The van der Waals surface area contributed by atoms with E-state index < -0.39 is 0 Å². The Morgan fingerprint density at radius 1 is 1.21 bits per heavy atom. The maximum Gasteiger partial charge on any atom is 0.145 e. The Labute approximate surface area is 90.0 Å². The minimum atomic E-state index is 0.238. The van der Waals surface area contributed by atoms with Crippen LogP contribution in [-0.2, 0) is 16.3 Å². The summed E-state index contributed by atoms with van der Waals surface area (Å²) in [7, 11) is 0.837. The molecule has 0 radical (unpaired) electrons. The summed E-state index contributed by atoms with van der Waals surface area (Å²) in [5.74, 6) is 0. The van der Waals surface area contributed by atoms with E-state index in [2.05, 4.69) is 45.0 Å². The van der Waals surface area contributed by atoms with Gasteiger partial charge in [0.15, 0.2) is 0 Å². The van der Waals surface area contributed by atoms with Crippen LogP contribution >= 0.6 is 0 Å². The molecule has 2 heteroatoms. The lowest BCUT2D eigenvalue weighted by molar-refractivity contribution is 0.353. The van der Waals surface area contributed by atoms with E-state index in [9.17, 15) is 0 Å². The lowest BCUT2D eigenvalue weighted by Gasteiger charge is -2.22. The van der Waals surface area contributed by atoms with Crippen molar-refractivity contribution in [3.8, 4) is 0 Å². The van der Waals surface area contributed by atoms with Gasteiger partial charge in [-0.1, -0.05) is 45.0 Å². The number of hydrogen-bond donors (Lipinski definition) is 0. The van der Waals surface area contributed by atoms with Gasteiger partial charge in [-0.05, 0) is 23.0 Å². The first-order chi connectivity index (χ1) is 6.55. The zero-order chi connectivity index (χ0) is 10.6. The molecule has 0 aromatic heterocycles. The van der Waals surface area contributed by atoms with Gasteiger partial charge in [0.2, 0.25) is 0 Å². The zero-order valence-electron chi connectivity index (χ0n) is 9.63. The first kappa shape index (κ1) is 11.5. The molecule has 0 heterocycles. The lowest BCUT2D eigenvalue weighted by atomic mass is 9.83. The van der Waals surface area contributed by atoms with E-state index >= 15 is 0 Å². The maximum absolute atomic E-state index is 5.25. The van der Waals surface area contributed by atoms with E-state index in [4.69, 9.17) is 4.43 Å². The third kappa shape index (κ3) is 2.96. The van der Waals surface area contributed by atoms with Crippen molar-refractivity contribution in [2.75, 3.05) is 6.61 Å². The van der Waals surface area contributed by atoms with Gasteiger partial charge in [0.25, 0.3) is 0 Å². The second kappa shape index (κ2) is 4.76. The highest BCUT2D eigenvalue weighted by atomic mass is 28.2. The Kier molecular flexibility index (Phi) is 3.90. The first-order valence-corrected chi connectivity index (χ1v) is 5.94. The monoisotopic (exact) mass is 208 g/mol. The smallest absolute Gasteiger partial charge is 0.145 e. The molecule has 1 aromatic rings. The quantitative estimate of drug-likeness (QED) is 0.689. The van der Waals surface area contributed by atoms with Gasteiger partial charge in [-0.15, -0.1) is 0 Å². The molecule has 14 heavy (non-hydrogen) atoms. The molecular formula is C12H20OSi. The second-order valence-corrected chi connectivity index (χ2v) is 5.23. The van der Waals surface area contributed by atoms with Crippen molar-refractivity contribution in [3.63, 3.8) is 0 Å². The molecule has 1 nitrogen and oxygen atoms in total. The highest BCUT2D eigenvalue weighted by Gasteiger charge is 2.16. The normalized spacial score (nSPS) is 11.9. The van der Waals surface area contributed by atoms with Crippen LogP contribution in [0.15, 0.2) is 24.3 Å². The molecular weight excluding hydrogens is 188 g/mol. The molecule has 0 aliphatic heterocycles. The first-order valence-electron chi connectivity index (χ1n) is 5.13. The van der Waals surface area contributed by atoms with Crippen LogP contribution in [0.5, 0.6) is 0 Å². The fraction of sp³-hybridized carbons (Fsp3) is 0.500. The molecule has 0 fully saturated rings. The Morgan fingerprint density at radius 3 is 2.43 bits per heavy atom. The number of hydrogen-bond acceptors (Lipinski definition) is 1.